The first kappa shape index (κ1) is 15.4. The zero-order valence-corrected chi connectivity index (χ0v) is 12.7. The standard InChI is InChI=1S/C18H23NO2/c1-18(2,13-19)14-21-17-10-8-16(9-11-17)20-12-15-6-4-3-5-7-15/h3-11H,12-14,19H2,1-2H3. The molecule has 0 saturated heterocycles. The van der Waals surface area contributed by atoms with Gasteiger partial charge in [-0.15, -0.1) is 0 Å². The molecular weight excluding hydrogens is 262 g/mol. The molecule has 0 spiro atoms. The number of nitrogens with two attached hydrogens (primary N) is 1. The predicted molar refractivity (Wildman–Crippen MR) is 85.5 cm³/mol. The van der Waals surface area contributed by atoms with E-state index < -0.39 is 0 Å². The van der Waals surface area contributed by atoms with Crippen molar-refractivity contribution in [1.29, 1.82) is 0 Å². The summed E-state index contributed by atoms with van der Waals surface area (Å²) in [5, 5.41) is 0. The highest BCUT2D eigenvalue weighted by Gasteiger charge is 2.16. The molecule has 3 nitrogen and oxygen atoms in total. The van der Waals surface area contributed by atoms with Gasteiger partial charge in [0, 0.05) is 12.0 Å². The van der Waals surface area contributed by atoms with Crippen molar-refractivity contribution in [2.45, 2.75) is 20.5 Å². The van der Waals surface area contributed by atoms with Gasteiger partial charge in [-0.1, -0.05) is 44.2 Å². The maximum atomic E-state index is 5.74. The first-order valence-corrected chi connectivity index (χ1v) is 7.19. The summed E-state index contributed by atoms with van der Waals surface area (Å²) in [6.07, 6.45) is 0. The zero-order valence-electron chi connectivity index (χ0n) is 12.7. The fraction of sp³-hybridized carbons (Fsp3) is 0.333. The second kappa shape index (κ2) is 7.14. The molecule has 0 aromatic heterocycles. The average Bonchev–Trinajstić information content (AvgIpc) is 2.53. The van der Waals surface area contributed by atoms with Crippen LogP contribution in [0.4, 0.5) is 0 Å². The van der Waals surface area contributed by atoms with Crippen LogP contribution in [-0.4, -0.2) is 13.2 Å². The van der Waals surface area contributed by atoms with Gasteiger partial charge in [-0.3, -0.25) is 0 Å². The predicted octanol–water partition coefficient (Wildman–Crippen LogP) is 3.63. The number of rotatable bonds is 7. The van der Waals surface area contributed by atoms with E-state index in [0.29, 0.717) is 19.8 Å². The number of hydrogen-bond acceptors (Lipinski definition) is 3. The van der Waals surface area contributed by atoms with Gasteiger partial charge in [-0.05, 0) is 29.8 Å². The minimum atomic E-state index is -0.0114. The number of ether oxygens (including phenoxy) is 2. The van der Waals surface area contributed by atoms with Gasteiger partial charge in [-0.2, -0.15) is 0 Å². The van der Waals surface area contributed by atoms with Crippen LogP contribution in [0, 0.1) is 5.41 Å². The van der Waals surface area contributed by atoms with Gasteiger partial charge in [0.05, 0.1) is 6.61 Å². The van der Waals surface area contributed by atoms with Gasteiger partial charge in [0.25, 0.3) is 0 Å². The molecule has 21 heavy (non-hydrogen) atoms. The van der Waals surface area contributed by atoms with E-state index in [4.69, 9.17) is 15.2 Å². The Bertz CT molecular complexity index is 535. The van der Waals surface area contributed by atoms with Crippen molar-refractivity contribution in [2.75, 3.05) is 13.2 Å². The largest absolute Gasteiger partial charge is 0.493 e. The molecule has 0 amide bonds. The van der Waals surface area contributed by atoms with Crippen molar-refractivity contribution in [3.05, 3.63) is 60.2 Å². The minimum absolute atomic E-state index is 0.0114. The molecule has 2 aromatic carbocycles. The molecule has 2 N–H and O–H groups in total. The SMILES string of the molecule is CC(C)(CN)COc1ccc(OCc2ccccc2)cc1. The number of hydrogen-bond donors (Lipinski definition) is 1. The molecule has 0 saturated carbocycles. The van der Waals surface area contributed by atoms with E-state index in [1.165, 1.54) is 0 Å². The summed E-state index contributed by atoms with van der Waals surface area (Å²) in [7, 11) is 0. The Hall–Kier alpha value is -2.00. The van der Waals surface area contributed by atoms with Crippen molar-refractivity contribution >= 4 is 0 Å². The molecule has 0 fully saturated rings. The van der Waals surface area contributed by atoms with Gasteiger partial charge < -0.3 is 15.2 Å². The van der Waals surface area contributed by atoms with Crippen LogP contribution in [0.1, 0.15) is 19.4 Å². The molecule has 0 heterocycles. The van der Waals surface area contributed by atoms with Crippen LogP contribution < -0.4 is 15.2 Å². The Morgan fingerprint density at radius 3 is 2.00 bits per heavy atom. The van der Waals surface area contributed by atoms with Crippen LogP contribution in [0.2, 0.25) is 0 Å². The summed E-state index contributed by atoms with van der Waals surface area (Å²) in [6.45, 7) is 5.95. The summed E-state index contributed by atoms with van der Waals surface area (Å²) < 4.78 is 11.5. The average molecular weight is 285 g/mol. The van der Waals surface area contributed by atoms with E-state index in [2.05, 4.69) is 13.8 Å². The molecule has 0 aliphatic carbocycles. The van der Waals surface area contributed by atoms with Crippen LogP contribution in [0.5, 0.6) is 11.5 Å². The normalized spacial score (nSPS) is 11.2. The topological polar surface area (TPSA) is 44.5 Å². The Morgan fingerprint density at radius 1 is 0.857 bits per heavy atom. The number of benzene rings is 2. The molecule has 0 atom stereocenters. The molecule has 2 aromatic rings. The smallest absolute Gasteiger partial charge is 0.120 e. The van der Waals surface area contributed by atoms with Gasteiger partial charge in [0.15, 0.2) is 0 Å². The van der Waals surface area contributed by atoms with E-state index in [0.717, 1.165) is 17.1 Å². The van der Waals surface area contributed by atoms with Crippen LogP contribution in [0.25, 0.3) is 0 Å². The van der Waals surface area contributed by atoms with Crippen LogP contribution >= 0.6 is 0 Å². The Balaban J connectivity index is 1.84. The van der Waals surface area contributed by atoms with Crippen molar-refractivity contribution in [3.8, 4) is 11.5 Å². The molecule has 0 aliphatic rings. The van der Waals surface area contributed by atoms with Crippen molar-refractivity contribution in [1.82, 2.24) is 0 Å². The lowest BCUT2D eigenvalue weighted by Crippen LogP contribution is -2.30. The summed E-state index contributed by atoms with van der Waals surface area (Å²) in [6, 6.07) is 17.8. The third-order valence-corrected chi connectivity index (χ3v) is 3.25. The highest BCUT2D eigenvalue weighted by atomic mass is 16.5. The molecule has 112 valence electrons. The van der Waals surface area contributed by atoms with E-state index in [1.807, 2.05) is 54.6 Å². The quantitative estimate of drug-likeness (QED) is 0.845. The Labute approximate surface area is 126 Å². The summed E-state index contributed by atoms with van der Waals surface area (Å²) in [5.74, 6) is 1.67. The maximum absolute atomic E-state index is 5.74. The van der Waals surface area contributed by atoms with Crippen LogP contribution in [-0.2, 0) is 6.61 Å². The summed E-state index contributed by atoms with van der Waals surface area (Å²) >= 11 is 0. The highest BCUT2D eigenvalue weighted by molar-refractivity contribution is 5.31. The van der Waals surface area contributed by atoms with Crippen LogP contribution in [0.15, 0.2) is 54.6 Å². The second-order valence-corrected chi connectivity index (χ2v) is 5.90. The third-order valence-electron chi connectivity index (χ3n) is 3.25. The molecule has 0 radical (unpaired) electrons. The second-order valence-electron chi connectivity index (χ2n) is 5.90. The van der Waals surface area contributed by atoms with Gasteiger partial charge in [-0.25, -0.2) is 0 Å². The van der Waals surface area contributed by atoms with Crippen molar-refractivity contribution < 1.29 is 9.47 Å². The van der Waals surface area contributed by atoms with Gasteiger partial charge in [0.2, 0.25) is 0 Å². The Kier molecular flexibility index (Phi) is 5.23. The van der Waals surface area contributed by atoms with Crippen molar-refractivity contribution in [2.24, 2.45) is 11.1 Å². The molecular formula is C18H23NO2. The lowest BCUT2D eigenvalue weighted by molar-refractivity contribution is 0.187. The maximum Gasteiger partial charge on any atom is 0.120 e. The molecule has 0 unspecified atom stereocenters. The summed E-state index contributed by atoms with van der Waals surface area (Å²) in [5.41, 5.74) is 6.83. The lowest BCUT2D eigenvalue weighted by atomic mass is 9.95. The van der Waals surface area contributed by atoms with E-state index in [1.54, 1.807) is 0 Å². The summed E-state index contributed by atoms with van der Waals surface area (Å²) in [4.78, 5) is 0. The van der Waals surface area contributed by atoms with Gasteiger partial charge >= 0.3 is 0 Å². The first-order valence-electron chi connectivity index (χ1n) is 7.19. The fourth-order valence-corrected chi connectivity index (χ4v) is 1.71. The van der Waals surface area contributed by atoms with Crippen LogP contribution in [0.3, 0.4) is 0 Å². The van der Waals surface area contributed by atoms with Crippen molar-refractivity contribution in [3.63, 3.8) is 0 Å². The molecule has 2 rings (SSSR count). The van der Waals surface area contributed by atoms with E-state index >= 15 is 0 Å². The third kappa shape index (κ3) is 5.12. The molecule has 0 bridgehead atoms. The Morgan fingerprint density at radius 2 is 1.43 bits per heavy atom. The highest BCUT2D eigenvalue weighted by Crippen LogP contribution is 2.21. The van der Waals surface area contributed by atoms with E-state index in [-0.39, 0.29) is 5.41 Å². The molecule has 3 heteroatoms. The van der Waals surface area contributed by atoms with Gasteiger partial charge in [0.1, 0.15) is 18.1 Å². The lowest BCUT2D eigenvalue weighted by Gasteiger charge is -2.22. The van der Waals surface area contributed by atoms with E-state index in [9.17, 15) is 0 Å². The minimum Gasteiger partial charge on any atom is -0.493 e. The molecule has 0 aliphatic heterocycles. The zero-order chi connectivity index (χ0) is 15.1. The monoisotopic (exact) mass is 285 g/mol. The fourth-order valence-electron chi connectivity index (χ4n) is 1.71. The first-order chi connectivity index (χ1) is 10.1.